The van der Waals surface area contributed by atoms with Gasteiger partial charge in [0.05, 0.1) is 37.0 Å². The first-order chi connectivity index (χ1) is 20.5. The largest absolute Gasteiger partial charge is 0.460 e. The van der Waals surface area contributed by atoms with Crippen LogP contribution in [0.3, 0.4) is 0 Å². The molecule has 1 aliphatic heterocycles. The van der Waals surface area contributed by atoms with Crippen LogP contribution < -0.4 is 5.32 Å². The number of carbonyl (C=O) groups is 4. The summed E-state index contributed by atoms with van der Waals surface area (Å²) in [5.41, 5.74) is -0.345. The molecule has 2 atom stereocenters. The molecule has 1 aromatic rings. The summed E-state index contributed by atoms with van der Waals surface area (Å²) in [7, 11) is 0. The maximum absolute atomic E-state index is 14.0. The molecular formula is C34H52N2O7. The summed E-state index contributed by atoms with van der Waals surface area (Å²) in [5.74, 6) is -1.56. The van der Waals surface area contributed by atoms with Gasteiger partial charge in [0.25, 0.3) is 5.91 Å². The van der Waals surface area contributed by atoms with E-state index in [9.17, 15) is 19.2 Å². The van der Waals surface area contributed by atoms with Gasteiger partial charge in [-0.1, -0.05) is 56.5 Å². The number of rotatable bonds is 15. The van der Waals surface area contributed by atoms with Crippen LogP contribution in [0, 0.1) is 11.3 Å². The third-order valence-corrected chi connectivity index (χ3v) is 8.30. The number of carbonyl (C=O) groups excluding carboxylic acids is 4. The van der Waals surface area contributed by atoms with E-state index in [2.05, 4.69) is 5.32 Å². The Labute approximate surface area is 257 Å². The van der Waals surface area contributed by atoms with Gasteiger partial charge >= 0.3 is 11.9 Å². The molecule has 3 rings (SSSR count). The standard InChI is InChI=1S/C34H52N2O7/c1-5-14-27(31(39)43-33(2,3)4)22-34(17-10-11-18-34)32(40)35-28(24-41-23-26-15-8-6-9-16-26)21-30(38)42-25-29(37)36-19-12-7-13-20-36/h6,8-9,15-16,27-28H,5,7,10-14,17-25H2,1-4H3,(H,35,40)/t27-,28+/m1/s1. The average molecular weight is 601 g/mol. The monoisotopic (exact) mass is 600 g/mol. The molecule has 2 aliphatic rings. The molecule has 0 unspecified atom stereocenters. The van der Waals surface area contributed by atoms with Gasteiger partial charge in [0.1, 0.15) is 5.60 Å². The van der Waals surface area contributed by atoms with Gasteiger partial charge in [0.2, 0.25) is 5.91 Å². The Hall–Kier alpha value is -2.94. The summed E-state index contributed by atoms with van der Waals surface area (Å²) in [6, 6.07) is 9.04. The number of benzene rings is 1. The SMILES string of the molecule is CCC[C@H](CC1(C(=O)N[C@H](COCc2ccccc2)CC(=O)OCC(=O)N2CCCCC2)CCCC1)C(=O)OC(C)(C)C. The van der Waals surface area contributed by atoms with Crippen molar-refractivity contribution in [3.05, 3.63) is 35.9 Å². The van der Waals surface area contributed by atoms with E-state index < -0.39 is 23.0 Å². The first-order valence-corrected chi connectivity index (χ1v) is 16.1. The minimum absolute atomic E-state index is 0.107. The van der Waals surface area contributed by atoms with Gasteiger partial charge in [-0.05, 0) is 71.3 Å². The summed E-state index contributed by atoms with van der Waals surface area (Å²) < 4.78 is 17.0. The van der Waals surface area contributed by atoms with Gasteiger partial charge in [-0.2, -0.15) is 0 Å². The summed E-state index contributed by atoms with van der Waals surface area (Å²) in [6.45, 7) is 9.10. The van der Waals surface area contributed by atoms with Gasteiger partial charge in [-0.15, -0.1) is 0 Å². The fraction of sp³-hybridized carbons (Fsp3) is 0.706. The number of nitrogens with zero attached hydrogens (tertiary/aromatic N) is 1. The topological polar surface area (TPSA) is 111 Å². The third-order valence-electron chi connectivity index (χ3n) is 8.30. The van der Waals surface area contributed by atoms with Crippen LogP contribution in [-0.4, -0.2) is 66.6 Å². The lowest BCUT2D eigenvalue weighted by Crippen LogP contribution is -2.48. The van der Waals surface area contributed by atoms with E-state index in [1.807, 2.05) is 58.0 Å². The second-order valence-corrected chi connectivity index (χ2v) is 13.2. The predicted molar refractivity (Wildman–Crippen MR) is 164 cm³/mol. The second kappa shape index (κ2) is 16.8. The van der Waals surface area contributed by atoms with Gasteiger partial charge in [-0.3, -0.25) is 19.2 Å². The molecule has 1 aliphatic carbocycles. The van der Waals surface area contributed by atoms with Crippen LogP contribution in [-0.2, 0) is 40.0 Å². The van der Waals surface area contributed by atoms with Crippen molar-refractivity contribution >= 4 is 23.8 Å². The van der Waals surface area contributed by atoms with Crippen molar-refractivity contribution in [3.63, 3.8) is 0 Å². The fourth-order valence-electron chi connectivity index (χ4n) is 6.10. The maximum Gasteiger partial charge on any atom is 0.309 e. The number of amides is 2. The molecule has 1 heterocycles. The van der Waals surface area contributed by atoms with Crippen molar-refractivity contribution in [2.75, 3.05) is 26.3 Å². The molecule has 2 fully saturated rings. The number of likely N-dealkylation sites (tertiary alicyclic amines) is 1. The molecule has 1 aromatic carbocycles. The first-order valence-electron chi connectivity index (χ1n) is 16.1. The Morgan fingerprint density at radius 2 is 1.65 bits per heavy atom. The van der Waals surface area contributed by atoms with E-state index in [0.29, 0.717) is 45.4 Å². The Morgan fingerprint density at radius 3 is 2.28 bits per heavy atom. The molecule has 9 nitrogen and oxygen atoms in total. The van der Waals surface area contributed by atoms with Crippen LogP contribution in [0.1, 0.15) is 104 Å². The Kier molecular flexibility index (Phi) is 13.5. The van der Waals surface area contributed by atoms with Crippen molar-refractivity contribution in [3.8, 4) is 0 Å². The van der Waals surface area contributed by atoms with Crippen molar-refractivity contribution in [1.29, 1.82) is 0 Å². The summed E-state index contributed by atoms with van der Waals surface area (Å²) >= 11 is 0. The number of hydrogen-bond donors (Lipinski definition) is 1. The van der Waals surface area contributed by atoms with E-state index >= 15 is 0 Å². The van der Waals surface area contributed by atoms with Crippen molar-refractivity contribution in [2.24, 2.45) is 11.3 Å². The molecule has 0 radical (unpaired) electrons. The van der Waals surface area contributed by atoms with Crippen LogP contribution in [0.5, 0.6) is 0 Å². The van der Waals surface area contributed by atoms with Crippen LogP contribution >= 0.6 is 0 Å². The van der Waals surface area contributed by atoms with Crippen molar-refractivity contribution < 1.29 is 33.4 Å². The summed E-state index contributed by atoms with van der Waals surface area (Å²) in [4.78, 5) is 54.2. The number of nitrogens with one attached hydrogen (secondary N) is 1. The highest BCUT2D eigenvalue weighted by atomic mass is 16.6. The molecule has 2 amide bonds. The summed E-state index contributed by atoms with van der Waals surface area (Å²) in [5, 5.41) is 3.09. The fourth-order valence-corrected chi connectivity index (χ4v) is 6.10. The number of piperidine rings is 1. The van der Waals surface area contributed by atoms with Gasteiger partial charge in [-0.25, -0.2) is 0 Å². The molecule has 1 N–H and O–H groups in total. The Bertz CT molecular complexity index is 1040. The van der Waals surface area contributed by atoms with E-state index in [1.54, 1.807) is 4.90 Å². The normalized spacial score (nSPS) is 18.0. The van der Waals surface area contributed by atoms with Gasteiger partial charge in [0.15, 0.2) is 6.61 Å². The van der Waals surface area contributed by atoms with Crippen LogP contribution in [0.2, 0.25) is 0 Å². The zero-order valence-corrected chi connectivity index (χ0v) is 26.7. The third kappa shape index (κ3) is 11.6. The molecule has 0 spiro atoms. The van der Waals surface area contributed by atoms with Gasteiger partial charge in [0, 0.05) is 13.1 Å². The maximum atomic E-state index is 14.0. The Balaban J connectivity index is 1.67. The van der Waals surface area contributed by atoms with Crippen LogP contribution in [0.4, 0.5) is 0 Å². The lowest BCUT2D eigenvalue weighted by molar-refractivity contribution is -0.162. The highest BCUT2D eigenvalue weighted by Gasteiger charge is 2.45. The molecule has 0 aromatic heterocycles. The lowest BCUT2D eigenvalue weighted by atomic mass is 9.75. The minimum atomic E-state index is -0.720. The molecular weight excluding hydrogens is 548 g/mol. The van der Waals surface area contributed by atoms with Crippen LogP contribution in [0.25, 0.3) is 0 Å². The van der Waals surface area contributed by atoms with E-state index in [0.717, 1.165) is 44.1 Å². The lowest BCUT2D eigenvalue weighted by Gasteiger charge is -2.34. The highest BCUT2D eigenvalue weighted by molar-refractivity contribution is 5.85. The van der Waals surface area contributed by atoms with Crippen LogP contribution in [0.15, 0.2) is 30.3 Å². The van der Waals surface area contributed by atoms with E-state index in [4.69, 9.17) is 14.2 Å². The quantitative estimate of drug-likeness (QED) is 0.271. The molecule has 1 saturated heterocycles. The number of esters is 2. The predicted octanol–water partition coefficient (Wildman–Crippen LogP) is 5.34. The summed E-state index contributed by atoms with van der Waals surface area (Å²) in [6.07, 6.45) is 7.91. The van der Waals surface area contributed by atoms with Gasteiger partial charge < -0.3 is 24.4 Å². The number of ether oxygens (including phenoxy) is 3. The smallest absolute Gasteiger partial charge is 0.309 e. The highest BCUT2D eigenvalue weighted by Crippen LogP contribution is 2.45. The molecule has 1 saturated carbocycles. The minimum Gasteiger partial charge on any atom is -0.460 e. The number of hydrogen-bond acceptors (Lipinski definition) is 7. The second-order valence-electron chi connectivity index (χ2n) is 13.2. The molecule has 240 valence electrons. The molecule has 0 bridgehead atoms. The zero-order chi connectivity index (χ0) is 31.3. The van der Waals surface area contributed by atoms with Crippen molar-refractivity contribution in [2.45, 2.75) is 117 Å². The average Bonchev–Trinajstić information content (AvgIpc) is 3.45. The molecule has 43 heavy (non-hydrogen) atoms. The zero-order valence-electron chi connectivity index (χ0n) is 26.7. The van der Waals surface area contributed by atoms with Crippen molar-refractivity contribution in [1.82, 2.24) is 10.2 Å². The first kappa shape index (κ1) is 34.5. The van der Waals surface area contributed by atoms with E-state index in [1.165, 1.54) is 0 Å². The van der Waals surface area contributed by atoms with E-state index in [-0.39, 0.29) is 43.3 Å². The molecule has 9 heteroatoms. The Morgan fingerprint density at radius 1 is 0.977 bits per heavy atom.